The smallest absolute Gasteiger partial charge is 0.343 e. The van der Waals surface area contributed by atoms with Gasteiger partial charge in [0.1, 0.15) is 0 Å². The monoisotopic (exact) mass is 550 g/mol. The SMILES string of the molecule is CCCCCCCCCCCCCCCCCC(=O)NN=Cc1ccc(OC(=O)c2ccc(C)cc2)c(OC)c1. The zero-order valence-electron chi connectivity index (χ0n) is 25.0. The van der Waals surface area contributed by atoms with Gasteiger partial charge in [0.15, 0.2) is 11.5 Å². The summed E-state index contributed by atoms with van der Waals surface area (Å²) in [5, 5.41) is 4.06. The van der Waals surface area contributed by atoms with Crippen LogP contribution >= 0.6 is 0 Å². The van der Waals surface area contributed by atoms with Crippen LogP contribution in [0.5, 0.6) is 11.5 Å². The van der Waals surface area contributed by atoms with Gasteiger partial charge in [-0.05, 0) is 49.2 Å². The molecule has 2 aromatic rings. The number of hydrogen-bond acceptors (Lipinski definition) is 5. The van der Waals surface area contributed by atoms with Crippen LogP contribution in [0.15, 0.2) is 47.6 Å². The highest BCUT2D eigenvalue weighted by Gasteiger charge is 2.12. The van der Waals surface area contributed by atoms with Gasteiger partial charge in [-0.1, -0.05) is 115 Å². The molecule has 0 unspecified atom stereocenters. The highest BCUT2D eigenvalue weighted by atomic mass is 16.6. The first-order chi connectivity index (χ1) is 19.5. The van der Waals surface area contributed by atoms with Crippen LogP contribution in [0.25, 0.3) is 0 Å². The topological polar surface area (TPSA) is 77.0 Å². The Morgan fingerprint density at radius 2 is 1.30 bits per heavy atom. The Bertz CT molecular complexity index is 1020. The molecule has 220 valence electrons. The summed E-state index contributed by atoms with van der Waals surface area (Å²) < 4.78 is 10.9. The molecule has 0 aliphatic carbocycles. The maximum Gasteiger partial charge on any atom is 0.343 e. The van der Waals surface area contributed by atoms with E-state index in [9.17, 15) is 9.59 Å². The van der Waals surface area contributed by atoms with E-state index in [0.717, 1.165) is 24.0 Å². The lowest BCUT2D eigenvalue weighted by Gasteiger charge is -2.10. The standard InChI is InChI=1S/C34H50N2O4/c1-4-5-6-7-8-9-10-11-12-13-14-15-16-17-18-19-33(37)36-35-27-29-22-25-31(32(26-29)39-3)40-34(38)30-23-20-28(2)21-24-30/h20-27H,4-19H2,1-3H3,(H,36,37). The lowest BCUT2D eigenvalue weighted by molar-refractivity contribution is -0.121. The first-order valence-corrected chi connectivity index (χ1v) is 15.3. The quantitative estimate of drug-likeness (QED) is 0.0553. The first-order valence-electron chi connectivity index (χ1n) is 15.3. The lowest BCUT2D eigenvalue weighted by atomic mass is 10.0. The third-order valence-electron chi connectivity index (χ3n) is 7.09. The average Bonchev–Trinajstić information content (AvgIpc) is 2.96. The van der Waals surface area contributed by atoms with Crippen molar-refractivity contribution >= 4 is 18.1 Å². The van der Waals surface area contributed by atoms with Crippen LogP contribution in [0, 0.1) is 6.92 Å². The van der Waals surface area contributed by atoms with E-state index in [-0.39, 0.29) is 5.91 Å². The van der Waals surface area contributed by atoms with Crippen LogP contribution in [-0.2, 0) is 4.79 Å². The van der Waals surface area contributed by atoms with Crippen LogP contribution in [0.3, 0.4) is 0 Å². The number of ether oxygens (including phenoxy) is 2. The second kappa shape index (κ2) is 20.7. The minimum Gasteiger partial charge on any atom is -0.493 e. The average molecular weight is 551 g/mol. The van der Waals surface area contributed by atoms with Gasteiger partial charge in [-0.3, -0.25) is 4.79 Å². The van der Waals surface area contributed by atoms with E-state index in [1.165, 1.54) is 90.6 Å². The highest BCUT2D eigenvalue weighted by Crippen LogP contribution is 2.28. The summed E-state index contributed by atoms with van der Waals surface area (Å²) in [6.07, 6.45) is 21.6. The molecular weight excluding hydrogens is 500 g/mol. The fraction of sp³-hybridized carbons (Fsp3) is 0.559. The predicted octanol–water partition coefficient (Wildman–Crippen LogP) is 8.93. The van der Waals surface area contributed by atoms with Gasteiger partial charge < -0.3 is 9.47 Å². The first kappa shape index (κ1) is 33.1. The minimum absolute atomic E-state index is 0.0819. The molecule has 0 atom stereocenters. The molecule has 0 heterocycles. The van der Waals surface area contributed by atoms with Crippen LogP contribution in [-0.4, -0.2) is 25.2 Å². The van der Waals surface area contributed by atoms with Gasteiger partial charge >= 0.3 is 5.97 Å². The number of hydrogen-bond donors (Lipinski definition) is 1. The summed E-state index contributed by atoms with van der Waals surface area (Å²) in [4.78, 5) is 24.5. The van der Waals surface area contributed by atoms with Gasteiger partial charge in [0.05, 0.1) is 18.9 Å². The maximum atomic E-state index is 12.4. The minimum atomic E-state index is -0.453. The van der Waals surface area contributed by atoms with Gasteiger partial charge in [0.25, 0.3) is 0 Å². The largest absolute Gasteiger partial charge is 0.493 e. The Morgan fingerprint density at radius 3 is 1.85 bits per heavy atom. The summed E-state index contributed by atoms with van der Waals surface area (Å²) in [7, 11) is 1.51. The second-order valence-corrected chi connectivity index (χ2v) is 10.7. The normalized spacial score (nSPS) is 11.1. The Morgan fingerprint density at radius 1 is 0.750 bits per heavy atom. The lowest BCUT2D eigenvalue weighted by Crippen LogP contribution is -2.16. The molecule has 0 bridgehead atoms. The van der Waals surface area contributed by atoms with E-state index in [0.29, 0.717) is 23.5 Å². The van der Waals surface area contributed by atoms with Crippen molar-refractivity contribution in [3.05, 3.63) is 59.2 Å². The molecular formula is C34H50N2O4. The number of nitrogens with one attached hydrogen (secondary N) is 1. The fourth-order valence-corrected chi connectivity index (χ4v) is 4.59. The van der Waals surface area contributed by atoms with Crippen LogP contribution in [0.1, 0.15) is 131 Å². The molecule has 1 amide bonds. The summed E-state index contributed by atoms with van der Waals surface area (Å²) in [6.45, 7) is 4.23. The summed E-state index contributed by atoms with van der Waals surface area (Å²) in [5.41, 5.74) is 4.85. The van der Waals surface area contributed by atoms with E-state index in [1.54, 1.807) is 36.5 Å². The van der Waals surface area contributed by atoms with Crippen molar-refractivity contribution in [3.8, 4) is 11.5 Å². The van der Waals surface area contributed by atoms with Crippen molar-refractivity contribution in [1.82, 2.24) is 5.43 Å². The summed E-state index contributed by atoms with van der Waals surface area (Å²) in [5.74, 6) is 0.198. The van der Waals surface area contributed by atoms with Crippen molar-refractivity contribution < 1.29 is 19.1 Å². The molecule has 0 saturated heterocycles. The van der Waals surface area contributed by atoms with Gasteiger partial charge in [-0.25, -0.2) is 10.2 Å². The number of benzene rings is 2. The molecule has 6 heteroatoms. The number of nitrogens with zero attached hydrogens (tertiary/aromatic N) is 1. The third-order valence-corrected chi connectivity index (χ3v) is 7.09. The number of carbonyl (C=O) groups excluding carboxylic acids is 2. The molecule has 0 spiro atoms. The van der Waals surface area contributed by atoms with Gasteiger partial charge in [-0.2, -0.15) is 5.10 Å². The fourth-order valence-electron chi connectivity index (χ4n) is 4.59. The molecule has 0 saturated carbocycles. The Kier molecular flexibility index (Phi) is 17.1. The number of methoxy groups -OCH3 is 1. The van der Waals surface area contributed by atoms with Crippen molar-refractivity contribution in [2.75, 3.05) is 7.11 Å². The summed E-state index contributed by atoms with van der Waals surface area (Å²) >= 11 is 0. The number of carbonyl (C=O) groups is 2. The predicted molar refractivity (Wildman–Crippen MR) is 164 cm³/mol. The molecule has 6 nitrogen and oxygen atoms in total. The zero-order chi connectivity index (χ0) is 28.8. The van der Waals surface area contributed by atoms with Gasteiger partial charge in [-0.15, -0.1) is 0 Å². The van der Waals surface area contributed by atoms with Gasteiger partial charge in [0, 0.05) is 6.42 Å². The number of hydrazone groups is 1. The van der Waals surface area contributed by atoms with Crippen LogP contribution in [0.2, 0.25) is 0 Å². The van der Waals surface area contributed by atoms with Crippen molar-refractivity contribution in [2.45, 2.75) is 117 Å². The molecule has 40 heavy (non-hydrogen) atoms. The van der Waals surface area contributed by atoms with E-state index < -0.39 is 5.97 Å². The molecule has 1 N–H and O–H groups in total. The Hall–Kier alpha value is -3.15. The molecule has 0 aliphatic heterocycles. The van der Waals surface area contributed by atoms with Crippen LogP contribution in [0.4, 0.5) is 0 Å². The Labute approximate surface area is 241 Å². The molecule has 0 radical (unpaired) electrons. The Balaban J connectivity index is 1.55. The van der Waals surface area contributed by atoms with E-state index >= 15 is 0 Å². The number of amides is 1. The van der Waals surface area contributed by atoms with E-state index in [4.69, 9.17) is 9.47 Å². The van der Waals surface area contributed by atoms with E-state index in [1.807, 2.05) is 19.1 Å². The third kappa shape index (κ3) is 14.3. The molecule has 0 aliphatic rings. The number of aryl methyl sites for hydroxylation is 1. The van der Waals surface area contributed by atoms with Crippen molar-refractivity contribution in [1.29, 1.82) is 0 Å². The highest BCUT2D eigenvalue weighted by molar-refractivity contribution is 5.91. The number of esters is 1. The molecule has 2 aromatic carbocycles. The van der Waals surface area contributed by atoms with Gasteiger partial charge in [0.2, 0.25) is 5.91 Å². The summed E-state index contributed by atoms with van der Waals surface area (Å²) in [6, 6.07) is 12.3. The zero-order valence-corrected chi connectivity index (χ0v) is 25.0. The molecule has 2 rings (SSSR count). The molecule has 0 aromatic heterocycles. The number of rotatable bonds is 21. The van der Waals surface area contributed by atoms with Crippen molar-refractivity contribution in [3.63, 3.8) is 0 Å². The van der Waals surface area contributed by atoms with Crippen molar-refractivity contribution in [2.24, 2.45) is 5.10 Å². The molecule has 0 fully saturated rings. The van der Waals surface area contributed by atoms with E-state index in [2.05, 4.69) is 17.5 Å². The second-order valence-electron chi connectivity index (χ2n) is 10.7. The number of unbranched alkanes of at least 4 members (excludes halogenated alkanes) is 14. The van der Waals surface area contributed by atoms with Crippen LogP contribution < -0.4 is 14.9 Å². The maximum absolute atomic E-state index is 12.4.